The molecule has 9 heteroatoms. The summed E-state index contributed by atoms with van der Waals surface area (Å²) in [4.78, 5) is 15.3. The Morgan fingerprint density at radius 2 is 2.11 bits per heavy atom. The number of fused-ring (bicyclic) bond motifs is 1. The van der Waals surface area contributed by atoms with Crippen LogP contribution in [0.3, 0.4) is 0 Å². The third kappa shape index (κ3) is 3.60. The summed E-state index contributed by atoms with van der Waals surface area (Å²) in [6.45, 7) is 1.75. The molecule has 3 heterocycles. The molecule has 0 unspecified atom stereocenters. The molecular weight excluding hydrogens is 371 g/mol. The summed E-state index contributed by atoms with van der Waals surface area (Å²) in [6, 6.07) is 4.45. The number of rotatable bonds is 4. The van der Waals surface area contributed by atoms with Gasteiger partial charge in [-0.25, -0.2) is 19.3 Å². The van der Waals surface area contributed by atoms with Crippen LogP contribution in [0.2, 0.25) is 5.02 Å². The average Bonchev–Trinajstić information content (AvgIpc) is 3.01. The van der Waals surface area contributed by atoms with Gasteiger partial charge in [0.05, 0.1) is 28.7 Å². The molecule has 2 atom stereocenters. The summed E-state index contributed by atoms with van der Waals surface area (Å²) in [5, 5.41) is 0.476. The Hall–Kier alpha value is -2.29. The maximum atomic E-state index is 13.7. The second kappa shape index (κ2) is 7.38. The van der Waals surface area contributed by atoms with Crippen molar-refractivity contribution in [3.63, 3.8) is 0 Å². The van der Waals surface area contributed by atoms with E-state index in [1.807, 2.05) is 4.57 Å². The molecule has 1 fully saturated rings. The second-order valence-corrected chi connectivity index (χ2v) is 7.06. The highest BCUT2D eigenvalue weighted by molar-refractivity contribution is 6.30. The number of imidazole rings is 1. The first kappa shape index (κ1) is 18.1. The van der Waals surface area contributed by atoms with Gasteiger partial charge in [-0.1, -0.05) is 11.6 Å². The van der Waals surface area contributed by atoms with E-state index in [2.05, 4.69) is 19.9 Å². The Balaban J connectivity index is 1.73. The van der Waals surface area contributed by atoms with Crippen molar-refractivity contribution in [3.8, 4) is 0 Å². The number of hydrogen-bond donors (Lipinski definition) is 1. The van der Waals surface area contributed by atoms with Crippen molar-refractivity contribution in [3.05, 3.63) is 47.3 Å². The Labute approximate surface area is 160 Å². The highest BCUT2D eigenvalue weighted by atomic mass is 35.5. The van der Waals surface area contributed by atoms with Crippen LogP contribution in [-0.2, 0) is 11.3 Å². The number of methoxy groups -OCH3 is 1. The van der Waals surface area contributed by atoms with Gasteiger partial charge in [-0.15, -0.1) is 0 Å². The normalized spacial score (nSPS) is 20.4. The first-order valence-corrected chi connectivity index (χ1v) is 9.08. The summed E-state index contributed by atoms with van der Waals surface area (Å²) in [5.74, 6) is 0.996. The number of nitrogens with zero attached hydrogens (tertiary/aromatic N) is 5. The Kier molecular flexibility index (Phi) is 4.94. The highest BCUT2D eigenvalue weighted by Crippen LogP contribution is 2.27. The zero-order valence-corrected chi connectivity index (χ0v) is 15.6. The number of aromatic nitrogens is 4. The van der Waals surface area contributed by atoms with Crippen LogP contribution >= 0.6 is 11.6 Å². The van der Waals surface area contributed by atoms with E-state index in [-0.39, 0.29) is 18.0 Å². The molecule has 7 nitrogen and oxygen atoms in total. The van der Waals surface area contributed by atoms with Gasteiger partial charge in [0.25, 0.3) is 0 Å². The third-order valence-electron chi connectivity index (χ3n) is 4.84. The lowest BCUT2D eigenvalue weighted by Crippen LogP contribution is -2.52. The largest absolute Gasteiger partial charge is 0.380 e. The zero-order chi connectivity index (χ0) is 19.0. The van der Waals surface area contributed by atoms with Gasteiger partial charge < -0.3 is 19.9 Å². The van der Waals surface area contributed by atoms with Crippen molar-refractivity contribution in [2.24, 2.45) is 5.73 Å². The summed E-state index contributed by atoms with van der Waals surface area (Å²) in [5.41, 5.74) is 7.65. The van der Waals surface area contributed by atoms with Crippen LogP contribution < -0.4 is 10.6 Å². The van der Waals surface area contributed by atoms with E-state index < -0.39 is 0 Å². The average molecular weight is 391 g/mol. The van der Waals surface area contributed by atoms with Crippen LogP contribution in [0.5, 0.6) is 0 Å². The van der Waals surface area contributed by atoms with Gasteiger partial charge in [0.15, 0.2) is 0 Å². The maximum Gasteiger partial charge on any atom is 0.207 e. The van der Waals surface area contributed by atoms with E-state index in [1.54, 1.807) is 25.6 Å². The minimum Gasteiger partial charge on any atom is -0.380 e. The number of benzene rings is 1. The first-order valence-electron chi connectivity index (χ1n) is 8.70. The molecule has 142 valence electrons. The zero-order valence-electron chi connectivity index (χ0n) is 14.8. The first-order chi connectivity index (χ1) is 13.0. The van der Waals surface area contributed by atoms with Gasteiger partial charge in [-0.3, -0.25) is 0 Å². The van der Waals surface area contributed by atoms with Crippen molar-refractivity contribution in [1.29, 1.82) is 0 Å². The van der Waals surface area contributed by atoms with Crippen LogP contribution in [0.15, 0.2) is 30.6 Å². The van der Waals surface area contributed by atoms with Crippen LogP contribution in [0.1, 0.15) is 12.2 Å². The number of piperidine rings is 1. The molecule has 1 aromatic carbocycles. The fourth-order valence-corrected chi connectivity index (χ4v) is 3.58. The summed E-state index contributed by atoms with van der Waals surface area (Å²) >= 11 is 5.88. The molecule has 0 spiro atoms. The molecule has 0 saturated carbocycles. The van der Waals surface area contributed by atoms with Crippen molar-refractivity contribution in [2.75, 3.05) is 25.1 Å². The van der Waals surface area contributed by atoms with Crippen LogP contribution in [-0.4, -0.2) is 51.9 Å². The molecule has 2 N–H and O–H groups in total. The summed E-state index contributed by atoms with van der Waals surface area (Å²) < 4.78 is 21.1. The van der Waals surface area contributed by atoms with E-state index in [9.17, 15) is 4.39 Å². The van der Waals surface area contributed by atoms with E-state index in [0.717, 1.165) is 24.4 Å². The lowest BCUT2D eigenvalue weighted by Gasteiger charge is -2.36. The van der Waals surface area contributed by atoms with E-state index in [0.29, 0.717) is 29.5 Å². The molecule has 0 radical (unpaired) electrons. The minimum absolute atomic E-state index is 0.0242. The highest BCUT2D eigenvalue weighted by Gasteiger charge is 2.29. The quantitative estimate of drug-likeness (QED) is 0.735. The smallest absolute Gasteiger partial charge is 0.207 e. The maximum absolute atomic E-state index is 13.7. The molecule has 1 saturated heterocycles. The summed E-state index contributed by atoms with van der Waals surface area (Å²) in [7, 11) is 1.68. The van der Waals surface area contributed by atoms with Gasteiger partial charge in [-0.2, -0.15) is 0 Å². The van der Waals surface area contributed by atoms with Gasteiger partial charge in [0.2, 0.25) is 5.95 Å². The van der Waals surface area contributed by atoms with E-state index in [4.69, 9.17) is 22.1 Å². The van der Waals surface area contributed by atoms with Crippen molar-refractivity contribution >= 4 is 28.6 Å². The third-order valence-corrected chi connectivity index (χ3v) is 5.04. The predicted octanol–water partition coefficient (Wildman–Crippen LogP) is 2.22. The standard InChI is InChI=1S/C18H20ClFN6O/c1-27-16-4-5-25(9-13(16)21)18-24-14-6-12(20)2-3-15(14)26(18)10-17-22-7-11(19)8-23-17/h2-3,6-8,13,16H,4-5,9-10,21H2,1H3/t13-,16+/m1/s1. The van der Waals surface area contributed by atoms with E-state index in [1.165, 1.54) is 12.1 Å². The number of anilines is 1. The molecule has 4 rings (SSSR count). The molecular formula is C18H20ClFN6O. The van der Waals surface area contributed by atoms with Crippen LogP contribution in [0.25, 0.3) is 11.0 Å². The van der Waals surface area contributed by atoms with Crippen molar-refractivity contribution in [2.45, 2.75) is 25.1 Å². The molecule has 3 aromatic rings. The molecule has 0 bridgehead atoms. The Bertz CT molecular complexity index is 947. The van der Waals surface area contributed by atoms with Gasteiger partial charge >= 0.3 is 0 Å². The Morgan fingerprint density at radius 3 is 2.81 bits per heavy atom. The number of ether oxygens (including phenoxy) is 1. The van der Waals surface area contributed by atoms with Gasteiger partial charge in [-0.05, 0) is 18.6 Å². The lowest BCUT2D eigenvalue weighted by molar-refractivity contribution is 0.0661. The number of nitrogens with two attached hydrogens (primary N) is 1. The van der Waals surface area contributed by atoms with Crippen LogP contribution in [0, 0.1) is 5.82 Å². The lowest BCUT2D eigenvalue weighted by atomic mass is 10.0. The second-order valence-electron chi connectivity index (χ2n) is 6.62. The number of hydrogen-bond acceptors (Lipinski definition) is 6. The Morgan fingerprint density at radius 1 is 1.33 bits per heavy atom. The van der Waals surface area contributed by atoms with Crippen LogP contribution in [0.4, 0.5) is 10.3 Å². The fourth-order valence-electron chi connectivity index (χ4n) is 3.48. The van der Waals surface area contributed by atoms with Gasteiger partial charge in [0.1, 0.15) is 11.6 Å². The number of halogens is 2. The van der Waals surface area contributed by atoms with Crippen molar-refractivity contribution in [1.82, 2.24) is 19.5 Å². The monoisotopic (exact) mass is 390 g/mol. The van der Waals surface area contributed by atoms with Gasteiger partial charge in [0, 0.05) is 44.7 Å². The molecule has 1 aliphatic rings. The molecule has 2 aromatic heterocycles. The summed E-state index contributed by atoms with van der Waals surface area (Å²) in [6.07, 6.45) is 3.94. The van der Waals surface area contributed by atoms with E-state index >= 15 is 0 Å². The topological polar surface area (TPSA) is 82.1 Å². The SMILES string of the molecule is CO[C@H]1CCN(c2nc3cc(F)ccc3n2Cc2ncc(Cl)cn2)C[C@H]1N. The molecule has 0 aliphatic carbocycles. The predicted molar refractivity (Wildman–Crippen MR) is 101 cm³/mol. The minimum atomic E-state index is -0.323. The molecule has 0 amide bonds. The molecule has 1 aliphatic heterocycles. The van der Waals surface area contributed by atoms with Crippen molar-refractivity contribution < 1.29 is 9.13 Å². The molecule has 27 heavy (non-hydrogen) atoms. The fraction of sp³-hybridized carbons (Fsp3) is 0.389.